The maximum atomic E-state index is 12.2. The maximum Gasteiger partial charge on any atom is 0.410 e. The van der Waals surface area contributed by atoms with Gasteiger partial charge in [0.15, 0.2) is 0 Å². The topological polar surface area (TPSA) is 63.0 Å². The molecule has 27 heavy (non-hydrogen) atoms. The Morgan fingerprint density at radius 2 is 1.78 bits per heavy atom. The molecule has 1 aromatic carbocycles. The highest BCUT2D eigenvalue weighted by atomic mass is 16.6. The number of carbonyl (C=O) groups is 1. The van der Waals surface area contributed by atoms with E-state index in [1.54, 1.807) is 11.0 Å². The van der Waals surface area contributed by atoms with E-state index < -0.39 is 5.60 Å². The average molecular weight is 372 g/mol. The summed E-state index contributed by atoms with van der Waals surface area (Å²) in [5.74, 6) is 0. The third kappa shape index (κ3) is 4.69. The number of hydrogen-bond donors (Lipinski definition) is 0. The summed E-state index contributed by atoms with van der Waals surface area (Å²) in [6.45, 7) is 13.0. The van der Waals surface area contributed by atoms with Gasteiger partial charge in [-0.1, -0.05) is 6.07 Å². The smallest absolute Gasteiger partial charge is 0.410 e. The van der Waals surface area contributed by atoms with Crippen LogP contribution in [0.5, 0.6) is 0 Å². The van der Waals surface area contributed by atoms with Gasteiger partial charge in [-0.2, -0.15) is 0 Å². The molecule has 1 saturated heterocycles. The van der Waals surface area contributed by atoms with Gasteiger partial charge in [0.2, 0.25) is 0 Å². The summed E-state index contributed by atoms with van der Waals surface area (Å²) in [5, 5.41) is 1.01. The molecule has 2 aromatic rings. The molecule has 0 aliphatic carbocycles. The van der Waals surface area contributed by atoms with Crippen molar-refractivity contribution in [2.24, 2.45) is 0 Å². The number of carbonyl (C=O) groups excluding carboxylic acids is 1. The van der Waals surface area contributed by atoms with Crippen LogP contribution in [0.25, 0.3) is 11.0 Å². The van der Waals surface area contributed by atoms with Crippen molar-refractivity contribution in [1.82, 2.24) is 9.80 Å². The van der Waals surface area contributed by atoms with Crippen LogP contribution in [0.15, 0.2) is 27.4 Å². The van der Waals surface area contributed by atoms with Crippen molar-refractivity contribution in [2.45, 2.75) is 46.8 Å². The van der Waals surface area contributed by atoms with E-state index in [0.29, 0.717) is 25.2 Å². The summed E-state index contributed by atoms with van der Waals surface area (Å²) >= 11 is 0. The SMILES string of the molecule is Cc1cc(C)c2c(CN3CCN(C(=O)OC(C)(C)C)CC3)cc(=O)oc2c1. The van der Waals surface area contributed by atoms with Crippen molar-refractivity contribution in [3.05, 3.63) is 45.3 Å². The van der Waals surface area contributed by atoms with Crippen molar-refractivity contribution >= 4 is 17.1 Å². The molecule has 1 aliphatic heterocycles. The molecular weight excluding hydrogens is 344 g/mol. The molecule has 2 heterocycles. The van der Waals surface area contributed by atoms with E-state index in [-0.39, 0.29) is 11.7 Å². The Morgan fingerprint density at radius 3 is 2.41 bits per heavy atom. The largest absolute Gasteiger partial charge is 0.444 e. The number of amides is 1. The second-order valence-corrected chi connectivity index (χ2v) is 8.29. The highest BCUT2D eigenvalue weighted by molar-refractivity contribution is 5.84. The summed E-state index contributed by atoms with van der Waals surface area (Å²) in [7, 11) is 0. The Bertz CT molecular complexity index is 903. The molecule has 0 unspecified atom stereocenters. The average Bonchev–Trinajstić information content (AvgIpc) is 2.52. The van der Waals surface area contributed by atoms with E-state index in [1.807, 2.05) is 40.7 Å². The molecule has 1 aromatic heterocycles. The molecule has 0 saturated carbocycles. The predicted molar refractivity (Wildman–Crippen MR) is 105 cm³/mol. The first-order valence-electron chi connectivity index (χ1n) is 9.37. The first kappa shape index (κ1) is 19.4. The van der Waals surface area contributed by atoms with Crippen LogP contribution in [0.2, 0.25) is 0 Å². The third-order valence-electron chi connectivity index (χ3n) is 4.69. The quantitative estimate of drug-likeness (QED) is 0.756. The number of aryl methyl sites for hydroxylation is 2. The molecule has 1 fully saturated rings. The van der Waals surface area contributed by atoms with Gasteiger partial charge in [-0.3, -0.25) is 4.90 Å². The molecule has 0 atom stereocenters. The normalized spacial score (nSPS) is 16.0. The standard InChI is InChI=1S/C21H28N2O4/c1-14-10-15(2)19-16(12-18(24)26-17(19)11-14)13-22-6-8-23(9-7-22)20(25)27-21(3,4)5/h10-12H,6-9,13H2,1-5H3. The van der Waals surface area contributed by atoms with E-state index in [1.165, 1.54) is 0 Å². The van der Waals surface area contributed by atoms with Crippen LogP contribution >= 0.6 is 0 Å². The lowest BCUT2D eigenvalue weighted by atomic mass is 10.0. The second kappa shape index (κ2) is 7.35. The molecule has 6 heteroatoms. The Morgan fingerprint density at radius 1 is 1.11 bits per heavy atom. The van der Waals surface area contributed by atoms with Gasteiger partial charge < -0.3 is 14.1 Å². The van der Waals surface area contributed by atoms with E-state index in [9.17, 15) is 9.59 Å². The van der Waals surface area contributed by atoms with Gasteiger partial charge in [-0.25, -0.2) is 9.59 Å². The summed E-state index contributed by atoms with van der Waals surface area (Å²) in [4.78, 5) is 28.2. The number of piperazine rings is 1. The van der Waals surface area contributed by atoms with Crippen molar-refractivity contribution in [2.75, 3.05) is 26.2 Å². The van der Waals surface area contributed by atoms with Gasteiger partial charge >= 0.3 is 11.7 Å². The van der Waals surface area contributed by atoms with Gasteiger partial charge in [0, 0.05) is 44.2 Å². The van der Waals surface area contributed by atoms with Crippen LogP contribution in [0.3, 0.4) is 0 Å². The molecule has 0 spiro atoms. The zero-order valence-electron chi connectivity index (χ0n) is 16.8. The fourth-order valence-electron chi connectivity index (χ4n) is 3.55. The molecule has 6 nitrogen and oxygen atoms in total. The first-order chi connectivity index (χ1) is 12.6. The minimum atomic E-state index is -0.485. The van der Waals surface area contributed by atoms with Crippen LogP contribution in [-0.4, -0.2) is 47.7 Å². The number of nitrogens with zero attached hydrogens (tertiary/aromatic N) is 2. The van der Waals surface area contributed by atoms with Crippen LogP contribution in [0.1, 0.15) is 37.5 Å². The Kier molecular flexibility index (Phi) is 5.29. The van der Waals surface area contributed by atoms with Gasteiger partial charge in [0.25, 0.3) is 0 Å². The highest BCUT2D eigenvalue weighted by Crippen LogP contribution is 2.24. The van der Waals surface area contributed by atoms with Gasteiger partial charge in [0.05, 0.1) is 0 Å². The van der Waals surface area contributed by atoms with Crippen LogP contribution in [0.4, 0.5) is 4.79 Å². The molecule has 0 bridgehead atoms. The maximum absolute atomic E-state index is 12.2. The highest BCUT2D eigenvalue weighted by Gasteiger charge is 2.26. The third-order valence-corrected chi connectivity index (χ3v) is 4.69. The number of rotatable bonds is 2. The summed E-state index contributed by atoms with van der Waals surface area (Å²) in [6.07, 6.45) is -0.265. The van der Waals surface area contributed by atoms with Crippen LogP contribution < -0.4 is 5.63 Å². The van der Waals surface area contributed by atoms with E-state index in [0.717, 1.165) is 35.2 Å². The summed E-state index contributed by atoms with van der Waals surface area (Å²) in [6, 6.07) is 5.60. The van der Waals surface area contributed by atoms with Crippen LogP contribution in [-0.2, 0) is 11.3 Å². The molecule has 146 valence electrons. The Balaban J connectivity index is 1.73. The monoisotopic (exact) mass is 372 g/mol. The van der Waals surface area contributed by atoms with Crippen molar-refractivity contribution in [1.29, 1.82) is 0 Å². The van der Waals surface area contributed by atoms with Crippen molar-refractivity contribution < 1.29 is 13.9 Å². The Hall–Kier alpha value is -2.34. The fourth-order valence-corrected chi connectivity index (χ4v) is 3.55. The summed E-state index contributed by atoms with van der Waals surface area (Å²) < 4.78 is 10.9. The van der Waals surface area contributed by atoms with E-state index in [2.05, 4.69) is 11.0 Å². The van der Waals surface area contributed by atoms with E-state index in [4.69, 9.17) is 9.15 Å². The molecule has 3 rings (SSSR count). The van der Waals surface area contributed by atoms with Gasteiger partial charge in [-0.05, 0) is 57.4 Å². The first-order valence-corrected chi connectivity index (χ1v) is 9.37. The fraction of sp³-hybridized carbons (Fsp3) is 0.524. The van der Waals surface area contributed by atoms with E-state index >= 15 is 0 Å². The minimum absolute atomic E-state index is 0.265. The molecule has 0 N–H and O–H groups in total. The zero-order valence-corrected chi connectivity index (χ0v) is 16.8. The molecular formula is C21H28N2O4. The van der Waals surface area contributed by atoms with Crippen LogP contribution in [0, 0.1) is 13.8 Å². The van der Waals surface area contributed by atoms with Crippen molar-refractivity contribution in [3.63, 3.8) is 0 Å². The number of ether oxygens (including phenoxy) is 1. The lowest BCUT2D eigenvalue weighted by Crippen LogP contribution is -2.49. The van der Waals surface area contributed by atoms with Gasteiger partial charge in [0.1, 0.15) is 11.2 Å². The second-order valence-electron chi connectivity index (χ2n) is 8.29. The molecule has 1 aliphatic rings. The Labute approximate surface area is 159 Å². The summed E-state index contributed by atoms with van der Waals surface area (Å²) in [5.41, 5.74) is 2.99. The number of benzene rings is 1. The van der Waals surface area contributed by atoms with Crippen molar-refractivity contribution in [3.8, 4) is 0 Å². The lowest BCUT2D eigenvalue weighted by Gasteiger charge is -2.35. The number of fused-ring (bicyclic) bond motifs is 1. The predicted octanol–water partition coefficient (Wildman–Crippen LogP) is 3.46. The zero-order chi connectivity index (χ0) is 19.8. The molecule has 1 amide bonds. The molecule has 0 radical (unpaired) electrons. The number of hydrogen-bond acceptors (Lipinski definition) is 5. The minimum Gasteiger partial charge on any atom is -0.444 e. The lowest BCUT2D eigenvalue weighted by molar-refractivity contribution is 0.0139. The van der Waals surface area contributed by atoms with Gasteiger partial charge in [-0.15, -0.1) is 0 Å².